The number of carbonyl (C=O) groups is 1. The number of carbonyl (C=O) groups excluding carboxylic acids is 1. The first kappa shape index (κ1) is 21.2. The summed E-state index contributed by atoms with van der Waals surface area (Å²) < 4.78 is 5.88. The number of aromatic amines is 1. The summed E-state index contributed by atoms with van der Waals surface area (Å²) in [7, 11) is 4.10. The van der Waals surface area contributed by atoms with Crippen LogP contribution in [0.2, 0.25) is 0 Å². The zero-order valence-corrected chi connectivity index (χ0v) is 18.6. The molecular formula is C24H30N4O3. The van der Waals surface area contributed by atoms with Gasteiger partial charge in [0.25, 0.3) is 5.91 Å². The summed E-state index contributed by atoms with van der Waals surface area (Å²) in [6.07, 6.45) is 0.961. The zero-order valence-electron chi connectivity index (χ0n) is 18.6. The third kappa shape index (κ3) is 4.37. The summed E-state index contributed by atoms with van der Waals surface area (Å²) in [6, 6.07) is 9.36. The highest BCUT2D eigenvalue weighted by Crippen LogP contribution is 2.33. The van der Waals surface area contributed by atoms with Gasteiger partial charge in [0.15, 0.2) is 0 Å². The average molecular weight is 423 g/mol. The van der Waals surface area contributed by atoms with Crippen LogP contribution in [0.25, 0.3) is 10.9 Å². The summed E-state index contributed by atoms with van der Waals surface area (Å²) in [4.78, 5) is 17.1. The number of fused-ring (bicyclic) bond motifs is 2. The number of H-pyrrole nitrogens is 1. The summed E-state index contributed by atoms with van der Waals surface area (Å²) in [6.45, 7) is 6.78. The smallest absolute Gasteiger partial charge is 0.258 e. The number of nitrogens with zero attached hydrogens (tertiary/aromatic N) is 3. The number of benzene rings is 2. The average Bonchev–Trinajstić information content (AvgIpc) is 3.33. The van der Waals surface area contributed by atoms with E-state index in [0.717, 1.165) is 46.4 Å². The van der Waals surface area contributed by atoms with Gasteiger partial charge in [-0.05, 0) is 55.8 Å². The van der Waals surface area contributed by atoms with Crippen LogP contribution in [-0.2, 0) is 13.1 Å². The molecule has 0 spiro atoms. The largest absolute Gasteiger partial charge is 0.507 e. The van der Waals surface area contributed by atoms with Gasteiger partial charge in [-0.3, -0.25) is 9.89 Å². The molecule has 0 saturated heterocycles. The fraction of sp³-hybridized carbons (Fsp3) is 0.417. The Morgan fingerprint density at radius 2 is 2.00 bits per heavy atom. The van der Waals surface area contributed by atoms with Gasteiger partial charge in [-0.15, -0.1) is 0 Å². The van der Waals surface area contributed by atoms with E-state index in [-0.39, 0.29) is 17.6 Å². The minimum Gasteiger partial charge on any atom is -0.507 e. The van der Waals surface area contributed by atoms with E-state index in [0.29, 0.717) is 25.3 Å². The van der Waals surface area contributed by atoms with Gasteiger partial charge in [-0.1, -0.05) is 19.9 Å². The Labute approximate surface area is 182 Å². The first-order valence-electron chi connectivity index (χ1n) is 10.7. The number of amides is 1. The minimum atomic E-state index is -0.181. The Hall–Kier alpha value is -3.06. The van der Waals surface area contributed by atoms with Crippen molar-refractivity contribution in [1.82, 2.24) is 20.0 Å². The number of aromatic nitrogens is 2. The molecule has 0 unspecified atom stereocenters. The second kappa shape index (κ2) is 8.59. The van der Waals surface area contributed by atoms with Crippen LogP contribution < -0.4 is 4.74 Å². The van der Waals surface area contributed by atoms with Crippen LogP contribution in [0.4, 0.5) is 0 Å². The van der Waals surface area contributed by atoms with Crippen LogP contribution in [-0.4, -0.2) is 58.3 Å². The number of hydrogen-bond acceptors (Lipinski definition) is 5. The van der Waals surface area contributed by atoms with Gasteiger partial charge in [0.05, 0.1) is 23.4 Å². The molecule has 0 radical (unpaired) electrons. The highest BCUT2D eigenvalue weighted by atomic mass is 16.5. The fourth-order valence-electron chi connectivity index (χ4n) is 4.03. The lowest BCUT2D eigenvalue weighted by Gasteiger charge is -2.16. The predicted octanol–water partition coefficient (Wildman–Crippen LogP) is 3.88. The monoisotopic (exact) mass is 422 g/mol. The van der Waals surface area contributed by atoms with E-state index in [9.17, 15) is 9.90 Å². The molecule has 164 valence electrons. The van der Waals surface area contributed by atoms with Gasteiger partial charge < -0.3 is 19.6 Å². The van der Waals surface area contributed by atoms with Crippen molar-refractivity contribution in [3.63, 3.8) is 0 Å². The summed E-state index contributed by atoms with van der Waals surface area (Å²) >= 11 is 0. The number of aromatic hydroxyl groups is 1. The first-order valence-corrected chi connectivity index (χ1v) is 10.7. The lowest BCUT2D eigenvalue weighted by molar-refractivity contribution is 0.0748. The van der Waals surface area contributed by atoms with Crippen molar-refractivity contribution < 1.29 is 14.6 Å². The van der Waals surface area contributed by atoms with Crippen molar-refractivity contribution in [2.45, 2.75) is 39.3 Å². The third-order valence-corrected chi connectivity index (χ3v) is 5.69. The van der Waals surface area contributed by atoms with Crippen LogP contribution in [0, 0.1) is 0 Å². The van der Waals surface area contributed by atoms with Crippen LogP contribution in [0.3, 0.4) is 0 Å². The van der Waals surface area contributed by atoms with E-state index >= 15 is 0 Å². The highest BCUT2D eigenvalue weighted by Gasteiger charge is 2.27. The molecule has 2 N–H and O–H groups in total. The minimum absolute atomic E-state index is 0.0303. The number of hydrogen-bond donors (Lipinski definition) is 2. The van der Waals surface area contributed by atoms with Crippen LogP contribution in [0.15, 0.2) is 30.3 Å². The highest BCUT2D eigenvalue weighted by molar-refractivity contribution is 6.01. The number of nitrogens with one attached hydrogen (secondary N) is 1. The van der Waals surface area contributed by atoms with E-state index < -0.39 is 0 Å². The molecule has 31 heavy (non-hydrogen) atoms. The molecule has 3 aromatic rings. The third-order valence-electron chi connectivity index (χ3n) is 5.69. The Morgan fingerprint density at radius 3 is 2.74 bits per heavy atom. The van der Waals surface area contributed by atoms with Crippen molar-refractivity contribution in [2.75, 3.05) is 27.2 Å². The van der Waals surface area contributed by atoms with E-state index in [4.69, 9.17) is 4.74 Å². The molecule has 0 fully saturated rings. The molecule has 1 aliphatic heterocycles. The predicted molar refractivity (Wildman–Crippen MR) is 121 cm³/mol. The van der Waals surface area contributed by atoms with E-state index in [2.05, 4.69) is 28.9 Å². The Bertz CT molecular complexity index is 1100. The second-order valence-electron chi connectivity index (χ2n) is 8.78. The number of phenolic OH excluding ortho intramolecular Hbond substituents is 1. The fourth-order valence-corrected chi connectivity index (χ4v) is 4.03. The van der Waals surface area contributed by atoms with Crippen LogP contribution >= 0.6 is 0 Å². The van der Waals surface area contributed by atoms with Crippen molar-refractivity contribution in [1.29, 1.82) is 0 Å². The van der Waals surface area contributed by atoms with Crippen molar-refractivity contribution >= 4 is 16.8 Å². The van der Waals surface area contributed by atoms with E-state index in [1.54, 1.807) is 17.0 Å². The van der Waals surface area contributed by atoms with Crippen molar-refractivity contribution in [3.8, 4) is 11.5 Å². The van der Waals surface area contributed by atoms with E-state index in [1.165, 1.54) is 0 Å². The molecule has 1 amide bonds. The summed E-state index contributed by atoms with van der Waals surface area (Å²) in [5.74, 6) is 0.835. The summed E-state index contributed by atoms with van der Waals surface area (Å²) in [5, 5.41) is 18.6. The quantitative estimate of drug-likeness (QED) is 0.565. The number of rotatable bonds is 7. The maximum absolute atomic E-state index is 13.2. The molecule has 2 aromatic carbocycles. The molecule has 0 atom stereocenters. The lowest BCUT2D eigenvalue weighted by Crippen LogP contribution is -2.25. The molecule has 4 rings (SSSR count). The van der Waals surface area contributed by atoms with Gasteiger partial charge >= 0.3 is 0 Å². The van der Waals surface area contributed by atoms with Gasteiger partial charge in [-0.2, -0.15) is 5.10 Å². The SMILES string of the molecule is CC(C)c1n[nH]c2cc(O)c(C(=O)N3Cc4ccc(OCCCN(C)C)cc4C3)cc12. The van der Waals surface area contributed by atoms with Gasteiger partial charge in [0, 0.05) is 31.1 Å². The second-order valence-corrected chi connectivity index (χ2v) is 8.78. The molecule has 0 bridgehead atoms. The normalized spacial score (nSPS) is 13.4. The first-order chi connectivity index (χ1) is 14.8. The topological polar surface area (TPSA) is 81.7 Å². The summed E-state index contributed by atoms with van der Waals surface area (Å²) in [5.41, 5.74) is 4.14. The van der Waals surface area contributed by atoms with Gasteiger partial charge in [0.2, 0.25) is 0 Å². The maximum atomic E-state index is 13.2. The van der Waals surface area contributed by atoms with Crippen molar-refractivity contribution in [3.05, 3.63) is 52.7 Å². The van der Waals surface area contributed by atoms with Crippen molar-refractivity contribution in [2.24, 2.45) is 0 Å². The molecule has 0 aliphatic carbocycles. The Balaban J connectivity index is 1.49. The molecule has 7 heteroatoms. The molecule has 1 aliphatic rings. The van der Waals surface area contributed by atoms with Crippen LogP contribution in [0.5, 0.6) is 11.5 Å². The zero-order chi connectivity index (χ0) is 22.1. The van der Waals surface area contributed by atoms with Gasteiger partial charge in [0.1, 0.15) is 11.5 Å². The Kier molecular flexibility index (Phi) is 5.87. The lowest BCUT2D eigenvalue weighted by atomic mass is 10.0. The Morgan fingerprint density at radius 1 is 1.23 bits per heavy atom. The molecule has 0 saturated carbocycles. The maximum Gasteiger partial charge on any atom is 0.258 e. The number of ether oxygens (including phenoxy) is 1. The number of phenols is 1. The molecule has 1 aromatic heterocycles. The molecular weight excluding hydrogens is 392 g/mol. The standard InChI is InChI=1S/C24H30N4O3/c1-15(2)23-19-11-20(22(29)12-21(19)25-26-23)24(30)28-13-16-6-7-18(10-17(16)14-28)31-9-5-8-27(3)4/h6-7,10-12,15,29H,5,8-9,13-14H2,1-4H3,(H,25,26). The van der Waals surface area contributed by atoms with Crippen LogP contribution in [0.1, 0.15) is 53.4 Å². The molecule has 2 heterocycles. The van der Waals surface area contributed by atoms with E-state index in [1.807, 2.05) is 32.3 Å². The van der Waals surface area contributed by atoms with Gasteiger partial charge in [-0.25, -0.2) is 0 Å². The molecule has 7 nitrogen and oxygen atoms in total.